The molecule has 0 aromatic carbocycles. The van der Waals surface area contributed by atoms with E-state index in [1.54, 1.807) is 10.9 Å². The van der Waals surface area contributed by atoms with Gasteiger partial charge < -0.3 is 4.74 Å². The summed E-state index contributed by atoms with van der Waals surface area (Å²) in [5.74, 6) is 1.56. The fourth-order valence-electron chi connectivity index (χ4n) is 1.09. The highest BCUT2D eigenvalue weighted by molar-refractivity contribution is 5.26. The standard InChI is InChI=1S/C13H18N2O/c1-5-11(3)7-8-12(6-2)16-13-9-14-15(4)10-13/h5-10H,1-4H3/b8-7-,11-5-,12-6+. The molecule has 0 bridgehead atoms. The maximum Gasteiger partial charge on any atom is 0.165 e. The van der Waals surface area contributed by atoms with Crippen LogP contribution in [0.1, 0.15) is 20.8 Å². The normalized spacial score (nSPS) is 13.5. The molecule has 3 heteroatoms. The molecule has 0 amide bonds. The van der Waals surface area contributed by atoms with Gasteiger partial charge in [-0.05, 0) is 32.9 Å². The average molecular weight is 218 g/mol. The summed E-state index contributed by atoms with van der Waals surface area (Å²) in [7, 11) is 1.86. The maximum atomic E-state index is 5.64. The van der Waals surface area contributed by atoms with Crippen LogP contribution in [-0.2, 0) is 7.05 Å². The number of hydrogen-bond acceptors (Lipinski definition) is 2. The second kappa shape index (κ2) is 5.95. The molecule has 1 rings (SSSR count). The lowest BCUT2D eigenvalue weighted by atomic mass is 10.2. The Morgan fingerprint density at radius 3 is 2.56 bits per heavy atom. The number of hydrogen-bond donors (Lipinski definition) is 0. The van der Waals surface area contributed by atoms with E-state index in [0.29, 0.717) is 0 Å². The van der Waals surface area contributed by atoms with Crippen LogP contribution in [0.25, 0.3) is 0 Å². The molecule has 3 nitrogen and oxygen atoms in total. The van der Waals surface area contributed by atoms with E-state index in [1.807, 2.05) is 58.3 Å². The molecular weight excluding hydrogens is 200 g/mol. The average Bonchev–Trinajstić information content (AvgIpc) is 2.69. The van der Waals surface area contributed by atoms with Crippen LogP contribution in [0.15, 0.2) is 48.0 Å². The number of nitrogens with zero attached hydrogens (tertiary/aromatic N) is 2. The van der Waals surface area contributed by atoms with Crippen LogP contribution in [0.5, 0.6) is 5.75 Å². The van der Waals surface area contributed by atoms with Gasteiger partial charge in [0.1, 0.15) is 5.76 Å². The fraction of sp³-hybridized carbons (Fsp3) is 0.308. The molecule has 0 atom stereocenters. The first-order valence-electron chi connectivity index (χ1n) is 5.29. The Bertz CT molecular complexity index is 425. The van der Waals surface area contributed by atoms with Gasteiger partial charge in [-0.15, -0.1) is 0 Å². The molecule has 0 aliphatic rings. The third kappa shape index (κ3) is 3.77. The van der Waals surface area contributed by atoms with E-state index in [2.05, 4.69) is 5.10 Å². The van der Waals surface area contributed by atoms with E-state index >= 15 is 0 Å². The molecule has 1 aromatic rings. The number of aryl methyl sites for hydroxylation is 1. The van der Waals surface area contributed by atoms with Gasteiger partial charge in [0, 0.05) is 7.05 Å². The molecule has 0 N–H and O–H groups in total. The second-order valence-electron chi connectivity index (χ2n) is 3.51. The summed E-state index contributed by atoms with van der Waals surface area (Å²) in [5.41, 5.74) is 1.20. The number of allylic oxidation sites excluding steroid dienone is 5. The van der Waals surface area contributed by atoms with Crippen molar-refractivity contribution in [2.45, 2.75) is 20.8 Å². The van der Waals surface area contributed by atoms with Crippen LogP contribution in [0.2, 0.25) is 0 Å². The van der Waals surface area contributed by atoms with Gasteiger partial charge in [-0.3, -0.25) is 4.68 Å². The van der Waals surface area contributed by atoms with Crippen molar-refractivity contribution in [2.24, 2.45) is 7.05 Å². The summed E-state index contributed by atoms with van der Waals surface area (Å²) in [4.78, 5) is 0. The van der Waals surface area contributed by atoms with Crippen molar-refractivity contribution in [1.82, 2.24) is 9.78 Å². The lowest BCUT2D eigenvalue weighted by Gasteiger charge is -2.02. The third-order valence-electron chi connectivity index (χ3n) is 2.17. The quantitative estimate of drug-likeness (QED) is 0.573. The summed E-state index contributed by atoms with van der Waals surface area (Å²) in [6, 6.07) is 0. The Balaban J connectivity index is 2.67. The van der Waals surface area contributed by atoms with Crippen LogP contribution in [0.3, 0.4) is 0 Å². The molecule has 0 aliphatic heterocycles. The lowest BCUT2D eigenvalue weighted by Crippen LogP contribution is -1.90. The summed E-state index contributed by atoms with van der Waals surface area (Å²) in [6.07, 6.45) is 11.5. The molecule has 0 unspecified atom stereocenters. The van der Waals surface area contributed by atoms with Gasteiger partial charge in [0.25, 0.3) is 0 Å². The zero-order valence-corrected chi connectivity index (χ0v) is 10.3. The van der Waals surface area contributed by atoms with Gasteiger partial charge in [0.05, 0.1) is 12.4 Å². The highest BCUT2D eigenvalue weighted by Gasteiger charge is 1.98. The van der Waals surface area contributed by atoms with E-state index < -0.39 is 0 Å². The Labute approximate surface area is 96.7 Å². The zero-order valence-electron chi connectivity index (χ0n) is 10.3. The van der Waals surface area contributed by atoms with Gasteiger partial charge in [0.15, 0.2) is 5.75 Å². The van der Waals surface area contributed by atoms with Gasteiger partial charge >= 0.3 is 0 Å². The van der Waals surface area contributed by atoms with E-state index in [4.69, 9.17) is 4.74 Å². The van der Waals surface area contributed by atoms with Crippen molar-refractivity contribution in [2.75, 3.05) is 0 Å². The van der Waals surface area contributed by atoms with Gasteiger partial charge in [-0.2, -0.15) is 5.10 Å². The molecule has 1 heterocycles. The number of aromatic nitrogens is 2. The second-order valence-corrected chi connectivity index (χ2v) is 3.51. The molecule has 86 valence electrons. The highest BCUT2D eigenvalue weighted by atomic mass is 16.5. The van der Waals surface area contributed by atoms with Gasteiger partial charge in [0.2, 0.25) is 0 Å². The fourth-order valence-corrected chi connectivity index (χ4v) is 1.09. The smallest absolute Gasteiger partial charge is 0.165 e. The van der Waals surface area contributed by atoms with Crippen LogP contribution in [0, 0.1) is 0 Å². The Hall–Kier alpha value is -1.77. The minimum atomic E-state index is 0.749. The van der Waals surface area contributed by atoms with E-state index in [1.165, 1.54) is 5.57 Å². The summed E-state index contributed by atoms with van der Waals surface area (Å²) >= 11 is 0. The first-order chi connectivity index (χ1) is 7.65. The molecule has 0 radical (unpaired) electrons. The predicted octanol–water partition coefficient (Wildman–Crippen LogP) is 3.23. The Morgan fingerprint density at radius 1 is 1.31 bits per heavy atom. The van der Waals surface area contributed by atoms with Crippen molar-refractivity contribution in [3.63, 3.8) is 0 Å². The molecule has 0 spiro atoms. The van der Waals surface area contributed by atoms with Crippen LogP contribution in [0.4, 0.5) is 0 Å². The van der Waals surface area contributed by atoms with E-state index in [-0.39, 0.29) is 0 Å². The van der Waals surface area contributed by atoms with Gasteiger partial charge in [-0.25, -0.2) is 0 Å². The minimum absolute atomic E-state index is 0.749. The van der Waals surface area contributed by atoms with Crippen molar-refractivity contribution < 1.29 is 4.74 Å². The van der Waals surface area contributed by atoms with Crippen molar-refractivity contribution in [3.8, 4) is 5.75 Å². The minimum Gasteiger partial charge on any atom is -0.454 e. The molecule has 0 saturated carbocycles. The molecule has 0 aliphatic carbocycles. The topological polar surface area (TPSA) is 27.1 Å². The monoisotopic (exact) mass is 218 g/mol. The molecule has 0 saturated heterocycles. The molecule has 16 heavy (non-hydrogen) atoms. The number of rotatable bonds is 4. The first kappa shape index (κ1) is 12.3. The van der Waals surface area contributed by atoms with E-state index in [0.717, 1.165) is 11.5 Å². The van der Waals surface area contributed by atoms with Gasteiger partial charge in [-0.1, -0.05) is 17.7 Å². The van der Waals surface area contributed by atoms with Crippen molar-refractivity contribution >= 4 is 0 Å². The first-order valence-corrected chi connectivity index (χ1v) is 5.29. The molecule has 1 aromatic heterocycles. The third-order valence-corrected chi connectivity index (χ3v) is 2.17. The summed E-state index contributed by atoms with van der Waals surface area (Å²) < 4.78 is 7.35. The largest absolute Gasteiger partial charge is 0.454 e. The van der Waals surface area contributed by atoms with Crippen molar-refractivity contribution in [1.29, 1.82) is 0 Å². The highest BCUT2D eigenvalue weighted by Crippen LogP contribution is 2.13. The van der Waals surface area contributed by atoms with Crippen LogP contribution >= 0.6 is 0 Å². The number of ether oxygens (including phenoxy) is 1. The Kier molecular flexibility index (Phi) is 4.58. The van der Waals surface area contributed by atoms with Crippen LogP contribution in [-0.4, -0.2) is 9.78 Å². The Morgan fingerprint density at radius 2 is 2.06 bits per heavy atom. The summed E-state index contributed by atoms with van der Waals surface area (Å²) in [6.45, 7) is 6.01. The lowest BCUT2D eigenvalue weighted by molar-refractivity contribution is 0.443. The summed E-state index contributed by atoms with van der Waals surface area (Å²) in [5, 5.41) is 4.04. The van der Waals surface area contributed by atoms with E-state index in [9.17, 15) is 0 Å². The zero-order chi connectivity index (χ0) is 12.0. The predicted molar refractivity (Wildman–Crippen MR) is 66.2 cm³/mol. The maximum absolute atomic E-state index is 5.64. The molecule has 0 fully saturated rings. The van der Waals surface area contributed by atoms with Crippen LogP contribution < -0.4 is 4.74 Å². The van der Waals surface area contributed by atoms with Crippen molar-refractivity contribution in [3.05, 3.63) is 48.0 Å². The SMILES string of the molecule is C\C=C(C)/C=C\C(=C/C)Oc1cnn(C)c1. The molecular formula is C13H18N2O.